The van der Waals surface area contributed by atoms with Crippen LogP contribution >= 0.6 is 11.6 Å². The third-order valence-corrected chi connectivity index (χ3v) is 4.30. The molecular formula is C12H10ClN3O4S. The van der Waals surface area contributed by atoms with Gasteiger partial charge in [-0.25, -0.2) is 8.42 Å². The second-order valence-corrected chi connectivity index (χ2v) is 6.19. The van der Waals surface area contributed by atoms with Gasteiger partial charge in [-0.1, -0.05) is 11.6 Å². The molecule has 0 saturated carbocycles. The van der Waals surface area contributed by atoms with E-state index in [1.165, 1.54) is 18.2 Å². The summed E-state index contributed by atoms with van der Waals surface area (Å²) in [6.07, 6.45) is 0. The van der Waals surface area contributed by atoms with Gasteiger partial charge in [0.05, 0.1) is 20.5 Å². The molecule has 0 saturated heterocycles. The van der Waals surface area contributed by atoms with Crippen LogP contribution in [0.3, 0.4) is 0 Å². The molecule has 3 N–H and O–H groups in total. The predicted molar refractivity (Wildman–Crippen MR) is 79.8 cm³/mol. The highest BCUT2D eigenvalue weighted by atomic mass is 35.5. The molecule has 0 spiro atoms. The molecular weight excluding hydrogens is 318 g/mol. The summed E-state index contributed by atoms with van der Waals surface area (Å²) in [5, 5.41) is 10.7. The summed E-state index contributed by atoms with van der Waals surface area (Å²) in [4.78, 5) is 9.81. The van der Waals surface area contributed by atoms with Crippen molar-refractivity contribution in [2.45, 2.75) is 4.90 Å². The van der Waals surface area contributed by atoms with Gasteiger partial charge in [-0.05, 0) is 30.3 Å². The molecule has 0 bridgehead atoms. The van der Waals surface area contributed by atoms with Crippen molar-refractivity contribution >= 4 is 38.7 Å². The van der Waals surface area contributed by atoms with E-state index < -0.39 is 14.9 Å². The molecule has 0 radical (unpaired) electrons. The maximum Gasteiger partial charge on any atom is 0.269 e. The van der Waals surface area contributed by atoms with Crippen LogP contribution in [0.15, 0.2) is 47.4 Å². The van der Waals surface area contributed by atoms with E-state index in [0.717, 1.165) is 24.3 Å². The number of rotatable bonds is 4. The number of nitrogen functional groups attached to an aromatic ring is 1. The first-order valence-corrected chi connectivity index (χ1v) is 7.48. The van der Waals surface area contributed by atoms with Gasteiger partial charge in [-0.2, -0.15) is 0 Å². The van der Waals surface area contributed by atoms with Crippen molar-refractivity contribution < 1.29 is 13.3 Å². The van der Waals surface area contributed by atoms with E-state index >= 15 is 0 Å². The number of nitrogens with two attached hydrogens (primary N) is 1. The molecule has 2 aromatic rings. The second-order valence-electron chi connectivity index (χ2n) is 4.10. The molecule has 2 rings (SSSR count). The fraction of sp³-hybridized carbons (Fsp3) is 0. The first kappa shape index (κ1) is 15.1. The van der Waals surface area contributed by atoms with E-state index in [0.29, 0.717) is 5.69 Å². The summed E-state index contributed by atoms with van der Waals surface area (Å²) < 4.78 is 26.6. The Kier molecular flexibility index (Phi) is 4.01. The third-order valence-electron chi connectivity index (χ3n) is 2.59. The van der Waals surface area contributed by atoms with Gasteiger partial charge in [0.1, 0.15) is 0 Å². The Bertz CT molecular complexity index is 791. The Morgan fingerprint density at radius 2 is 1.76 bits per heavy atom. The minimum Gasteiger partial charge on any atom is -0.399 e. The van der Waals surface area contributed by atoms with E-state index in [2.05, 4.69) is 4.72 Å². The standard InChI is InChI=1S/C12H10ClN3O4S/c13-11-6-1-8(14)7-12(11)15-21(19,20)10-4-2-9(3-5-10)16(17)18/h1-7,15H,14H2. The number of nitrogens with zero attached hydrogens (tertiary/aromatic N) is 1. The Morgan fingerprint density at radius 3 is 2.33 bits per heavy atom. The smallest absolute Gasteiger partial charge is 0.269 e. The quantitative estimate of drug-likeness (QED) is 0.508. The molecule has 0 amide bonds. The van der Waals surface area contributed by atoms with Crippen LogP contribution in [-0.4, -0.2) is 13.3 Å². The lowest BCUT2D eigenvalue weighted by molar-refractivity contribution is -0.384. The molecule has 21 heavy (non-hydrogen) atoms. The van der Waals surface area contributed by atoms with Crippen molar-refractivity contribution in [3.8, 4) is 0 Å². The number of non-ortho nitro benzene ring substituents is 1. The van der Waals surface area contributed by atoms with Crippen molar-refractivity contribution in [1.82, 2.24) is 0 Å². The van der Waals surface area contributed by atoms with Gasteiger partial charge in [0.15, 0.2) is 0 Å². The Morgan fingerprint density at radius 1 is 1.14 bits per heavy atom. The summed E-state index contributed by atoms with van der Waals surface area (Å²) in [6.45, 7) is 0. The molecule has 2 aromatic carbocycles. The number of benzene rings is 2. The van der Waals surface area contributed by atoms with Gasteiger partial charge in [-0.3, -0.25) is 14.8 Å². The van der Waals surface area contributed by atoms with Gasteiger partial charge in [0, 0.05) is 17.8 Å². The van der Waals surface area contributed by atoms with Crippen molar-refractivity contribution in [1.29, 1.82) is 0 Å². The minimum atomic E-state index is -3.91. The average molecular weight is 328 g/mol. The lowest BCUT2D eigenvalue weighted by Gasteiger charge is -2.10. The average Bonchev–Trinajstić information content (AvgIpc) is 2.43. The van der Waals surface area contributed by atoms with Crippen LogP contribution in [0.25, 0.3) is 0 Å². The van der Waals surface area contributed by atoms with Crippen LogP contribution in [0.2, 0.25) is 5.02 Å². The third kappa shape index (κ3) is 3.41. The topological polar surface area (TPSA) is 115 Å². The number of hydrogen-bond acceptors (Lipinski definition) is 5. The minimum absolute atomic E-state index is 0.119. The lowest BCUT2D eigenvalue weighted by Crippen LogP contribution is -2.13. The number of nitro benzene ring substituents is 1. The fourth-order valence-corrected chi connectivity index (χ4v) is 2.86. The van der Waals surface area contributed by atoms with Gasteiger partial charge in [0.25, 0.3) is 15.7 Å². The van der Waals surface area contributed by atoms with E-state index in [4.69, 9.17) is 17.3 Å². The van der Waals surface area contributed by atoms with Gasteiger partial charge >= 0.3 is 0 Å². The summed E-state index contributed by atoms with van der Waals surface area (Å²) in [5.41, 5.74) is 5.85. The van der Waals surface area contributed by atoms with Crippen molar-refractivity contribution in [3.63, 3.8) is 0 Å². The number of hydrogen-bond donors (Lipinski definition) is 2. The molecule has 7 nitrogen and oxygen atoms in total. The Balaban J connectivity index is 2.34. The zero-order chi connectivity index (χ0) is 15.6. The second kappa shape index (κ2) is 5.58. The van der Waals surface area contributed by atoms with Crippen LogP contribution < -0.4 is 10.5 Å². The summed E-state index contributed by atoms with van der Waals surface area (Å²) in [7, 11) is -3.91. The highest BCUT2D eigenvalue weighted by Crippen LogP contribution is 2.27. The Labute approximate surface area is 125 Å². The largest absolute Gasteiger partial charge is 0.399 e. The van der Waals surface area contributed by atoms with Gasteiger partial charge < -0.3 is 5.73 Å². The van der Waals surface area contributed by atoms with E-state index in [-0.39, 0.29) is 21.3 Å². The molecule has 110 valence electrons. The van der Waals surface area contributed by atoms with Crippen molar-refractivity contribution in [2.75, 3.05) is 10.5 Å². The molecule has 0 aliphatic heterocycles. The number of halogens is 1. The maximum absolute atomic E-state index is 12.2. The monoisotopic (exact) mass is 327 g/mol. The molecule has 0 aliphatic carbocycles. The van der Waals surface area contributed by atoms with Crippen molar-refractivity contribution in [3.05, 3.63) is 57.6 Å². The highest BCUT2D eigenvalue weighted by molar-refractivity contribution is 7.92. The van der Waals surface area contributed by atoms with Crippen LogP contribution in [0, 0.1) is 10.1 Å². The fourth-order valence-electron chi connectivity index (χ4n) is 1.57. The van der Waals surface area contributed by atoms with Crippen LogP contribution in [0.4, 0.5) is 17.1 Å². The molecule has 0 fully saturated rings. The number of sulfonamides is 1. The van der Waals surface area contributed by atoms with E-state index in [1.54, 1.807) is 0 Å². The van der Waals surface area contributed by atoms with Crippen LogP contribution in [0.1, 0.15) is 0 Å². The number of nitro groups is 1. The molecule has 0 unspecified atom stereocenters. The van der Waals surface area contributed by atoms with E-state index in [1.807, 2.05) is 0 Å². The van der Waals surface area contributed by atoms with Crippen LogP contribution in [0.5, 0.6) is 0 Å². The molecule has 0 aliphatic rings. The first-order valence-electron chi connectivity index (χ1n) is 5.62. The number of anilines is 2. The molecule has 0 aromatic heterocycles. The summed E-state index contributed by atoms with van der Waals surface area (Å²) in [5.74, 6) is 0. The molecule has 0 atom stereocenters. The molecule has 9 heteroatoms. The first-order chi connectivity index (χ1) is 9.79. The summed E-state index contributed by atoms with van der Waals surface area (Å²) in [6, 6.07) is 8.87. The SMILES string of the molecule is Nc1ccc(Cl)c(NS(=O)(=O)c2ccc([N+](=O)[O-])cc2)c1. The number of nitrogens with one attached hydrogen (secondary N) is 1. The Hall–Kier alpha value is -2.32. The predicted octanol–water partition coefficient (Wildman–Crippen LogP) is 2.63. The maximum atomic E-state index is 12.2. The zero-order valence-corrected chi connectivity index (χ0v) is 12.1. The normalized spacial score (nSPS) is 11.1. The molecule has 0 heterocycles. The summed E-state index contributed by atoms with van der Waals surface area (Å²) >= 11 is 5.88. The lowest BCUT2D eigenvalue weighted by atomic mass is 10.3. The van der Waals surface area contributed by atoms with Gasteiger partial charge in [-0.15, -0.1) is 0 Å². The van der Waals surface area contributed by atoms with Crippen LogP contribution in [-0.2, 0) is 10.0 Å². The van der Waals surface area contributed by atoms with E-state index in [9.17, 15) is 18.5 Å². The van der Waals surface area contributed by atoms with Crippen molar-refractivity contribution in [2.24, 2.45) is 0 Å². The highest BCUT2D eigenvalue weighted by Gasteiger charge is 2.17. The van der Waals surface area contributed by atoms with Gasteiger partial charge in [0.2, 0.25) is 0 Å². The zero-order valence-electron chi connectivity index (χ0n) is 10.5.